The summed E-state index contributed by atoms with van der Waals surface area (Å²) < 4.78 is 34.3. The lowest BCUT2D eigenvalue weighted by atomic mass is 10.1. The molecule has 6 nitrogen and oxygen atoms in total. The molecule has 120 valence electrons. The Morgan fingerprint density at radius 1 is 1.27 bits per heavy atom. The summed E-state index contributed by atoms with van der Waals surface area (Å²) in [6.07, 6.45) is 2.78. The van der Waals surface area contributed by atoms with Crippen molar-refractivity contribution in [3.63, 3.8) is 0 Å². The number of rotatable bonds is 7. The molecule has 0 aliphatic rings. The van der Waals surface area contributed by atoms with Gasteiger partial charge in [0.25, 0.3) is 0 Å². The molecule has 1 heterocycles. The minimum Gasteiger partial charge on any atom is -0.375 e. The largest absolute Gasteiger partial charge is 0.375 e. The molecule has 0 aliphatic heterocycles. The highest BCUT2D eigenvalue weighted by Gasteiger charge is 2.27. The van der Waals surface area contributed by atoms with E-state index in [1.807, 2.05) is 30.3 Å². The number of aryl methyl sites for hydroxylation is 1. The third kappa shape index (κ3) is 4.66. The first-order chi connectivity index (χ1) is 10.3. The van der Waals surface area contributed by atoms with Crippen LogP contribution in [0.2, 0.25) is 0 Å². The summed E-state index contributed by atoms with van der Waals surface area (Å²) in [6, 6.07) is 9.75. The molecule has 0 bridgehead atoms. The third-order valence-electron chi connectivity index (χ3n) is 2.98. The second-order valence-electron chi connectivity index (χ2n) is 5.82. The van der Waals surface area contributed by atoms with Gasteiger partial charge in [0.1, 0.15) is 4.90 Å². The SMILES string of the molecule is Cn1cc(S(=O)(=O)NC(C)(C)COCc2ccccc2)cn1. The van der Waals surface area contributed by atoms with Crippen molar-refractivity contribution >= 4 is 10.0 Å². The van der Waals surface area contributed by atoms with Crippen LogP contribution in [-0.4, -0.2) is 30.3 Å². The summed E-state index contributed by atoms with van der Waals surface area (Å²) in [7, 11) is -1.93. The zero-order chi connectivity index (χ0) is 16.2. The number of benzene rings is 1. The summed E-state index contributed by atoms with van der Waals surface area (Å²) in [6.45, 7) is 4.28. The normalized spacial score (nSPS) is 12.5. The van der Waals surface area contributed by atoms with Gasteiger partial charge in [0, 0.05) is 13.2 Å². The summed E-state index contributed by atoms with van der Waals surface area (Å²) >= 11 is 0. The van der Waals surface area contributed by atoms with Crippen molar-refractivity contribution in [1.29, 1.82) is 0 Å². The van der Waals surface area contributed by atoms with Crippen molar-refractivity contribution in [1.82, 2.24) is 14.5 Å². The number of nitrogens with one attached hydrogen (secondary N) is 1. The molecular formula is C15H21N3O3S. The Bertz CT molecular complexity index is 709. The Hall–Kier alpha value is -1.70. The van der Waals surface area contributed by atoms with Crippen molar-refractivity contribution < 1.29 is 13.2 Å². The van der Waals surface area contributed by atoms with E-state index in [4.69, 9.17) is 4.74 Å². The smallest absolute Gasteiger partial charge is 0.244 e. The predicted octanol–water partition coefficient (Wildman–Crippen LogP) is 1.69. The predicted molar refractivity (Wildman–Crippen MR) is 83.7 cm³/mol. The number of nitrogens with zero attached hydrogens (tertiary/aromatic N) is 2. The van der Waals surface area contributed by atoms with Crippen LogP contribution < -0.4 is 4.72 Å². The molecule has 0 aliphatic carbocycles. The fourth-order valence-electron chi connectivity index (χ4n) is 1.99. The molecule has 1 aromatic heterocycles. The van der Waals surface area contributed by atoms with Gasteiger partial charge < -0.3 is 4.74 Å². The quantitative estimate of drug-likeness (QED) is 0.841. The van der Waals surface area contributed by atoms with E-state index in [1.165, 1.54) is 17.1 Å². The Morgan fingerprint density at radius 3 is 2.55 bits per heavy atom. The first-order valence-corrected chi connectivity index (χ1v) is 8.41. The van der Waals surface area contributed by atoms with Gasteiger partial charge in [-0.3, -0.25) is 4.68 Å². The zero-order valence-electron chi connectivity index (χ0n) is 13.0. The number of hydrogen-bond acceptors (Lipinski definition) is 4. The Morgan fingerprint density at radius 2 is 1.95 bits per heavy atom. The highest BCUT2D eigenvalue weighted by atomic mass is 32.2. The van der Waals surface area contributed by atoms with Crippen LogP contribution in [0.5, 0.6) is 0 Å². The maximum absolute atomic E-state index is 12.3. The van der Waals surface area contributed by atoms with E-state index in [2.05, 4.69) is 9.82 Å². The fourth-order valence-corrected chi connectivity index (χ4v) is 3.37. The molecule has 7 heteroatoms. The molecule has 1 aromatic carbocycles. The molecule has 1 N–H and O–H groups in total. The Kier molecular flexibility index (Phi) is 5.00. The molecule has 2 aromatic rings. The molecule has 0 unspecified atom stereocenters. The molecule has 0 radical (unpaired) electrons. The van der Waals surface area contributed by atoms with Crippen molar-refractivity contribution in [3.8, 4) is 0 Å². The van der Waals surface area contributed by atoms with E-state index in [0.29, 0.717) is 6.61 Å². The van der Waals surface area contributed by atoms with Crippen LogP contribution in [0.25, 0.3) is 0 Å². The van der Waals surface area contributed by atoms with Crippen molar-refractivity contribution in [3.05, 3.63) is 48.3 Å². The van der Waals surface area contributed by atoms with E-state index >= 15 is 0 Å². The number of sulfonamides is 1. The molecule has 0 spiro atoms. The van der Waals surface area contributed by atoms with E-state index in [1.54, 1.807) is 20.9 Å². The summed E-state index contributed by atoms with van der Waals surface area (Å²) in [5.74, 6) is 0. The maximum atomic E-state index is 12.3. The zero-order valence-corrected chi connectivity index (χ0v) is 13.8. The average Bonchev–Trinajstić information content (AvgIpc) is 2.86. The molecule has 2 rings (SSSR count). The van der Waals surface area contributed by atoms with E-state index < -0.39 is 15.6 Å². The van der Waals surface area contributed by atoms with Crippen LogP contribution in [0, 0.1) is 0 Å². The average molecular weight is 323 g/mol. The van der Waals surface area contributed by atoms with Gasteiger partial charge in [-0.2, -0.15) is 5.10 Å². The standard InChI is InChI=1S/C15H21N3O3S/c1-15(2,12-21-11-13-7-5-4-6-8-13)17-22(19,20)14-9-16-18(3)10-14/h4-10,17H,11-12H2,1-3H3. The number of ether oxygens (including phenoxy) is 1. The minimum absolute atomic E-state index is 0.145. The number of hydrogen-bond donors (Lipinski definition) is 1. The number of aromatic nitrogens is 2. The topological polar surface area (TPSA) is 73.2 Å². The van der Waals surface area contributed by atoms with Gasteiger partial charge in [-0.05, 0) is 19.4 Å². The van der Waals surface area contributed by atoms with Gasteiger partial charge in [0.15, 0.2) is 0 Å². The van der Waals surface area contributed by atoms with Crippen LogP contribution in [0.15, 0.2) is 47.6 Å². The first-order valence-electron chi connectivity index (χ1n) is 6.93. The lowest BCUT2D eigenvalue weighted by Gasteiger charge is -2.25. The lowest BCUT2D eigenvalue weighted by Crippen LogP contribution is -2.46. The van der Waals surface area contributed by atoms with Crippen LogP contribution >= 0.6 is 0 Å². The van der Waals surface area contributed by atoms with Gasteiger partial charge in [-0.1, -0.05) is 30.3 Å². The Balaban J connectivity index is 1.93. The van der Waals surface area contributed by atoms with Crippen LogP contribution in [0.3, 0.4) is 0 Å². The van der Waals surface area contributed by atoms with Gasteiger partial charge >= 0.3 is 0 Å². The van der Waals surface area contributed by atoms with Gasteiger partial charge in [-0.15, -0.1) is 0 Å². The second kappa shape index (κ2) is 6.60. The molecule has 0 fully saturated rings. The summed E-state index contributed by atoms with van der Waals surface area (Å²) in [4.78, 5) is 0.145. The minimum atomic E-state index is -3.61. The summed E-state index contributed by atoms with van der Waals surface area (Å²) in [5.41, 5.74) is 0.331. The molecule has 0 amide bonds. The lowest BCUT2D eigenvalue weighted by molar-refractivity contribution is 0.0794. The van der Waals surface area contributed by atoms with Gasteiger partial charge in [-0.25, -0.2) is 13.1 Å². The van der Waals surface area contributed by atoms with Crippen molar-refractivity contribution in [2.75, 3.05) is 6.61 Å². The van der Waals surface area contributed by atoms with Crippen LogP contribution in [0.1, 0.15) is 19.4 Å². The van der Waals surface area contributed by atoms with Crippen molar-refractivity contribution in [2.45, 2.75) is 30.9 Å². The molecule has 0 saturated carbocycles. The van der Waals surface area contributed by atoms with Crippen LogP contribution in [-0.2, 0) is 28.4 Å². The molecule has 22 heavy (non-hydrogen) atoms. The molecular weight excluding hydrogens is 302 g/mol. The van der Waals surface area contributed by atoms with Gasteiger partial charge in [0.2, 0.25) is 10.0 Å². The van der Waals surface area contributed by atoms with E-state index in [9.17, 15) is 8.42 Å². The van der Waals surface area contributed by atoms with Gasteiger partial charge in [0.05, 0.1) is 24.9 Å². The van der Waals surface area contributed by atoms with Crippen LogP contribution in [0.4, 0.5) is 0 Å². The Labute approximate surface area is 131 Å². The highest BCUT2D eigenvalue weighted by molar-refractivity contribution is 7.89. The molecule has 0 saturated heterocycles. The second-order valence-corrected chi connectivity index (χ2v) is 7.50. The van der Waals surface area contributed by atoms with Crippen molar-refractivity contribution in [2.24, 2.45) is 7.05 Å². The first kappa shape index (κ1) is 16.7. The monoisotopic (exact) mass is 323 g/mol. The maximum Gasteiger partial charge on any atom is 0.244 e. The highest BCUT2D eigenvalue weighted by Crippen LogP contribution is 2.13. The molecule has 0 atom stereocenters. The summed E-state index contributed by atoms with van der Waals surface area (Å²) in [5, 5.41) is 3.88. The third-order valence-corrected chi connectivity index (χ3v) is 4.63. The van der Waals surface area contributed by atoms with E-state index in [0.717, 1.165) is 5.56 Å². The van der Waals surface area contributed by atoms with E-state index in [-0.39, 0.29) is 11.5 Å². The fraction of sp³-hybridized carbons (Fsp3) is 0.400.